The average Bonchev–Trinajstić information content (AvgIpc) is 3.95. The van der Waals surface area contributed by atoms with Crippen LogP contribution in [-0.4, -0.2) is 75.3 Å². The maximum atomic E-state index is 14.3. The second kappa shape index (κ2) is 20.0. The fourth-order valence-electron chi connectivity index (χ4n) is 7.02. The topological polar surface area (TPSA) is 122 Å². The van der Waals surface area contributed by atoms with Crippen molar-refractivity contribution in [2.24, 2.45) is 11.8 Å². The molecule has 3 amide bonds. The summed E-state index contributed by atoms with van der Waals surface area (Å²) in [7, 11) is 1.58. The number of ether oxygens (including phenoxy) is 1. The Morgan fingerprint density at radius 1 is 0.982 bits per heavy atom. The number of Topliss-reactive ketones (excluding diaryl/α,β-unsaturated/α-hetero) is 2. The predicted octanol–water partition coefficient (Wildman–Crippen LogP) is 8.62. The number of hydrogen-bond acceptors (Lipinski definition) is 9. The maximum Gasteiger partial charge on any atom is 0.449 e. The fourth-order valence-corrected chi connectivity index (χ4v) is 8.35. The van der Waals surface area contributed by atoms with Crippen LogP contribution in [0, 0.1) is 11.8 Å². The largest absolute Gasteiger partial charge is 0.449 e. The fraction of sp³-hybridized carbons (Fsp3) is 0.463. The molecule has 10 nitrogen and oxygen atoms in total. The van der Waals surface area contributed by atoms with Crippen LogP contribution in [0.1, 0.15) is 78.6 Å². The van der Waals surface area contributed by atoms with E-state index >= 15 is 0 Å². The molecule has 0 saturated carbocycles. The lowest BCUT2D eigenvalue weighted by molar-refractivity contribution is -0.172. The standard InChI is InChI=1S/C41H48F3N5O5S2/c1-27(2)38-46-33(25-55-38)23-48(3)40(53)49-22-31(20-37(51)41(42,43)44)18-35(49)36(50)19-30(16-28-10-6-4-7-11-28)14-15-32(17-29-12-8-5-9-13-29)47-39(52)54-24-34-21-45-26-56-34/h4-13,21,25-27,30-32,35H,14-20,22-24H2,1-3H3,(H,47,52)/t30-,31-,32-,35+/m1/s1. The van der Waals surface area contributed by atoms with E-state index in [0.29, 0.717) is 31.4 Å². The Kier molecular flexibility index (Phi) is 15.2. The van der Waals surface area contributed by atoms with Crippen LogP contribution in [-0.2, 0) is 40.3 Å². The number of thiazole rings is 2. The number of nitrogens with one attached hydrogen (secondary N) is 1. The normalized spacial score (nSPS) is 16.7. The summed E-state index contributed by atoms with van der Waals surface area (Å²) in [5.74, 6) is -3.00. The Hall–Kier alpha value is -4.63. The summed E-state index contributed by atoms with van der Waals surface area (Å²) < 4.78 is 45.5. The minimum atomic E-state index is -5.01. The number of alkyl carbamates (subject to hydrolysis) is 1. The molecule has 4 atom stereocenters. The van der Waals surface area contributed by atoms with Gasteiger partial charge in [0.25, 0.3) is 0 Å². The SMILES string of the molecule is CC(C)c1nc(CN(C)C(=O)N2C[C@@H](CC(=O)C(F)(F)F)C[C@H]2C(=O)C[C@H](CC[C@H](Cc2ccccc2)NC(=O)OCc2cncs2)Cc2ccccc2)cs1. The van der Waals surface area contributed by atoms with Crippen LogP contribution in [0.25, 0.3) is 0 Å². The number of halogens is 3. The monoisotopic (exact) mass is 811 g/mol. The minimum absolute atomic E-state index is 0.0454. The summed E-state index contributed by atoms with van der Waals surface area (Å²) in [4.78, 5) is 65.5. The van der Waals surface area contributed by atoms with E-state index in [9.17, 15) is 32.3 Å². The van der Waals surface area contributed by atoms with Gasteiger partial charge in [0.05, 0.1) is 33.7 Å². The molecular formula is C41H48F3N5O5S2. The zero-order valence-corrected chi connectivity index (χ0v) is 33.4. The van der Waals surface area contributed by atoms with E-state index < -0.39 is 42.5 Å². The highest BCUT2D eigenvalue weighted by molar-refractivity contribution is 7.09. The van der Waals surface area contributed by atoms with Gasteiger partial charge in [-0.05, 0) is 55.1 Å². The molecule has 1 aliphatic rings. The number of hydrogen-bond donors (Lipinski definition) is 1. The van der Waals surface area contributed by atoms with Gasteiger partial charge in [0, 0.05) is 50.0 Å². The predicted molar refractivity (Wildman–Crippen MR) is 209 cm³/mol. The van der Waals surface area contributed by atoms with Crippen LogP contribution < -0.4 is 5.32 Å². The van der Waals surface area contributed by atoms with E-state index in [1.165, 1.54) is 32.5 Å². The molecule has 2 aromatic carbocycles. The highest BCUT2D eigenvalue weighted by Gasteiger charge is 2.45. The number of benzene rings is 2. The molecule has 4 aromatic rings. The minimum Gasteiger partial charge on any atom is -0.444 e. The molecule has 2 aromatic heterocycles. The van der Waals surface area contributed by atoms with Crippen molar-refractivity contribution in [2.75, 3.05) is 13.6 Å². The van der Waals surface area contributed by atoms with E-state index in [1.807, 2.05) is 79.9 Å². The molecule has 0 radical (unpaired) electrons. The van der Waals surface area contributed by atoms with Crippen molar-refractivity contribution < 1.29 is 37.1 Å². The molecule has 0 spiro atoms. The quantitative estimate of drug-likeness (QED) is 0.107. The lowest BCUT2D eigenvalue weighted by Gasteiger charge is -2.30. The van der Waals surface area contributed by atoms with E-state index in [1.54, 1.807) is 18.8 Å². The highest BCUT2D eigenvalue weighted by atomic mass is 32.1. The molecule has 56 heavy (non-hydrogen) atoms. The first-order valence-corrected chi connectivity index (χ1v) is 20.5. The molecule has 3 heterocycles. The third-order valence-corrected chi connectivity index (χ3v) is 11.8. The van der Waals surface area contributed by atoms with Gasteiger partial charge in [-0.15, -0.1) is 22.7 Å². The summed E-state index contributed by atoms with van der Waals surface area (Å²) in [5, 5.41) is 5.79. The summed E-state index contributed by atoms with van der Waals surface area (Å²) >= 11 is 2.87. The number of ketones is 2. The van der Waals surface area contributed by atoms with Gasteiger partial charge in [-0.3, -0.25) is 14.6 Å². The molecule has 300 valence electrons. The maximum absolute atomic E-state index is 14.3. The van der Waals surface area contributed by atoms with Gasteiger partial charge in [0.2, 0.25) is 5.78 Å². The van der Waals surface area contributed by atoms with Crippen molar-refractivity contribution in [3.63, 3.8) is 0 Å². The molecule has 1 N–H and O–H groups in total. The van der Waals surface area contributed by atoms with Crippen LogP contribution >= 0.6 is 22.7 Å². The van der Waals surface area contributed by atoms with Crippen molar-refractivity contribution in [1.29, 1.82) is 0 Å². The summed E-state index contributed by atoms with van der Waals surface area (Å²) in [6.07, 6.45) is -2.67. The first-order valence-electron chi connectivity index (χ1n) is 18.7. The number of alkyl halides is 3. The van der Waals surface area contributed by atoms with Crippen molar-refractivity contribution in [2.45, 2.75) is 96.1 Å². The number of aromatic nitrogens is 2. The number of urea groups is 1. The van der Waals surface area contributed by atoms with Gasteiger partial charge in [-0.25, -0.2) is 14.6 Å². The molecule has 15 heteroatoms. The zero-order chi connectivity index (χ0) is 40.2. The number of amides is 3. The number of carbonyl (C=O) groups excluding carboxylic acids is 4. The summed E-state index contributed by atoms with van der Waals surface area (Å²) in [6, 6.07) is 17.5. The first kappa shape index (κ1) is 42.5. The van der Waals surface area contributed by atoms with Gasteiger partial charge in [0.1, 0.15) is 6.61 Å². The van der Waals surface area contributed by atoms with E-state index in [2.05, 4.69) is 15.3 Å². The van der Waals surface area contributed by atoms with Crippen LogP contribution in [0.15, 0.2) is 77.8 Å². The van der Waals surface area contributed by atoms with Crippen LogP contribution in [0.2, 0.25) is 0 Å². The van der Waals surface area contributed by atoms with Crippen molar-refractivity contribution >= 4 is 46.4 Å². The Balaban J connectivity index is 1.33. The number of rotatable bonds is 18. The van der Waals surface area contributed by atoms with E-state index in [0.717, 1.165) is 21.0 Å². The molecule has 1 fully saturated rings. The Bertz CT molecular complexity index is 1870. The van der Waals surface area contributed by atoms with E-state index in [4.69, 9.17) is 4.74 Å². The van der Waals surface area contributed by atoms with Crippen LogP contribution in [0.4, 0.5) is 22.8 Å². The Morgan fingerprint density at radius 3 is 2.27 bits per heavy atom. The van der Waals surface area contributed by atoms with Crippen molar-refractivity contribution in [1.82, 2.24) is 25.1 Å². The second-order valence-electron chi connectivity index (χ2n) is 14.7. The smallest absolute Gasteiger partial charge is 0.444 e. The van der Waals surface area contributed by atoms with Gasteiger partial charge >= 0.3 is 18.3 Å². The van der Waals surface area contributed by atoms with Gasteiger partial charge in [0.15, 0.2) is 5.78 Å². The lowest BCUT2D eigenvalue weighted by atomic mass is 9.85. The molecule has 1 aliphatic heterocycles. The summed E-state index contributed by atoms with van der Waals surface area (Å²) in [6.45, 7) is 4.14. The Labute approximate surface area is 333 Å². The average molecular weight is 812 g/mol. The van der Waals surface area contributed by atoms with E-state index in [-0.39, 0.29) is 56.2 Å². The first-order chi connectivity index (χ1) is 26.7. The second-order valence-corrected chi connectivity index (χ2v) is 16.6. The third kappa shape index (κ3) is 12.7. The molecule has 0 bridgehead atoms. The zero-order valence-electron chi connectivity index (χ0n) is 31.7. The molecule has 5 rings (SSSR count). The summed E-state index contributed by atoms with van der Waals surface area (Å²) in [5.41, 5.74) is 4.35. The van der Waals surface area contributed by atoms with Gasteiger partial charge < -0.3 is 19.9 Å². The lowest BCUT2D eigenvalue weighted by Crippen LogP contribution is -2.47. The van der Waals surface area contributed by atoms with Crippen LogP contribution in [0.3, 0.4) is 0 Å². The number of carbonyl (C=O) groups is 4. The third-order valence-electron chi connectivity index (χ3n) is 9.84. The molecule has 1 saturated heterocycles. The highest BCUT2D eigenvalue weighted by Crippen LogP contribution is 2.33. The van der Waals surface area contributed by atoms with Crippen molar-refractivity contribution in [3.8, 4) is 0 Å². The molecule has 0 unspecified atom stereocenters. The Morgan fingerprint density at radius 2 is 1.66 bits per heavy atom. The number of likely N-dealkylation sites (tertiary alicyclic amines) is 1. The molecular weight excluding hydrogens is 764 g/mol. The van der Waals surface area contributed by atoms with Gasteiger partial charge in [-0.1, -0.05) is 74.5 Å². The number of nitrogens with zero attached hydrogens (tertiary/aromatic N) is 4. The molecule has 0 aliphatic carbocycles. The van der Waals surface area contributed by atoms with Crippen molar-refractivity contribution in [3.05, 3.63) is 104 Å². The van der Waals surface area contributed by atoms with Gasteiger partial charge in [-0.2, -0.15) is 13.2 Å². The van der Waals surface area contributed by atoms with Crippen LogP contribution in [0.5, 0.6) is 0 Å².